The van der Waals surface area contributed by atoms with Gasteiger partial charge in [-0.3, -0.25) is 0 Å². The van der Waals surface area contributed by atoms with Crippen molar-refractivity contribution < 1.29 is 173 Å². The van der Waals surface area contributed by atoms with Gasteiger partial charge in [-0.05, 0) is 0 Å². The summed E-state index contributed by atoms with van der Waals surface area (Å²) in [7, 11) is -4.14. The van der Waals surface area contributed by atoms with Gasteiger partial charge in [0.1, 0.15) is 0 Å². The van der Waals surface area contributed by atoms with E-state index in [9.17, 15) is 0 Å². The van der Waals surface area contributed by atoms with Gasteiger partial charge < -0.3 is 14.1 Å². The van der Waals surface area contributed by atoms with Crippen LogP contribution < -0.4 is 160 Å². The summed E-state index contributed by atoms with van der Waals surface area (Å²) in [6, 6.07) is 0. The molecule has 0 amide bonds. The van der Waals surface area contributed by atoms with Crippen molar-refractivity contribution in [3.05, 3.63) is 0 Å². The predicted molar refractivity (Wildman–Crippen MR) is 19.6 cm³/mol. The number of hydrogen-bond acceptors (Lipinski definition) is 1. The molecule has 0 aromatic carbocycles. The summed E-state index contributed by atoms with van der Waals surface area (Å²) in [5.41, 5.74) is 4.02. The molecule has 0 unspecified atom stereocenters. The molecule has 8 heavy (non-hydrogen) atoms. The molecule has 0 saturated carbocycles. The van der Waals surface area contributed by atoms with E-state index in [-0.39, 0.29) is 158 Å². The van der Waals surface area contributed by atoms with Crippen LogP contribution in [0.5, 0.6) is 0 Å². The van der Waals surface area contributed by atoms with Crippen LogP contribution in [0.3, 0.4) is 0 Å². The molecule has 0 aliphatic heterocycles. The Morgan fingerprint density at radius 1 is 1.25 bits per heavy atom. The molecule has 0 atom stereocenters. The molecule has 0 fully saturated rings. The third-order valence-corrected chi connectivity index (χ3v) is 0. The van der Waals surface area contributed by atoms with Gasteiger partial charge in [0.2, 0.25) is 0 Å². The van der Waals surface area contributed by atoms with E-state index in [0.29, 0.717) is 0 Å². The van der Waals surface area contributed by atoms with E-state index in [0.717, 1.165) is 0 Å². The number of nitrogens with two attached hydrogens (primary N) is 1. The van der Waals surface area contributed by atoms with E-state index in [1.54, 1.807) is 0 Å². The number of rotatable bonds is 0. The first-order chi connectivity index (χ1) is 2.00. The molecule has 0 radical (unpaired) electrons. The zero-order valence-corrected chi connectivity index (χ0v) is 15.6. The van der Waals surface area contributed by atoms with Crippen molar-refractivity contribution in [3.8, 4) is 0 Å². The summed E-state index contributed by atoms with van der Waals surface area (Å²) in [5.74, 6) is 0. The zero-order valence-electron chi connectivity index (χ0n) is 8.33. The van der Waals surface area contributed by atoms with Crippen LogP contribution in [0, 0.1) is 0 Å². The fourth-order valence-corrected chi connectivity index (χ4v) is 0. The SMILES string of the molecule is NP(=O)(O)O.[H-].[H-].[H-].[K+].[K+].[K+]. The Kier molecular flexibility index (Phi) is 34.7. The van der Waals surface area contributed by atoms with Crippen LogP contribution >= 0.6 is 7.75 Å². The molecule has 0 aromatic heterocycles. The van der Waals surface area contributed by atoms with Crippen molar-refractivity contribution in [3.63, 3.8) is 0 Å². The molecule has 0 heterocycles. The Hall–Kier alpha value is 5.02. The average Bonchev–Trinajstić information content (AvgIpc) is 0.722. The molecule has 0 rings (SSSR count). The minimum Gasteiger partial charge on any atom is -1.00 e. The summed E-state index contributed by atoms with van der Waals surface area (Å²) in [6.45, 7) is 0. The monoisotopic (exact) mass is 217 g/mol. The summed E-state index contributed by atoms with van der Waals surface area (Å²) in [6.07, 6.45) is 0. The van der Waals surface area contributed by atoms with Gasteiger partial charge in [0.15, 0.2) is 0 Å². The second kappa shape index (κ2) is 12.0. The molecule has 8 heteroatoms. The minimum absolute atomic E-state index is 0. The van der Waals surface area contributed by atoms with Crippen molar-refractivity contribution in [1.82, 2.24) is 0 Å². The molecule has 38 valence electrons. The molecule has 4 N–H and O–H groups in total. The van der Waals surface area contributed by atoms with Gasteiger partial charge >= 0.3 is 162 Å². The van der Waals surface area contributed by atoms with Crippen molar-refractivity contribution >= 4 is 7.75 Å². The van der Waals surface area contributed by atoms with E-state index < -0.39 is 7.75 Å². The summed E-state index contributed by atoms with van der Waals surface area (Å²) >= 11 is 0. The molecule has 0 bridgehead atoms. The summed E-state index contributed by atoms with van der Waals surface area (Å²) in [4.78, 5) is 14.8. The van der Waals surface area contributed by atoms with Crippen LogP contribution in [0.1, 0.15) is 4.28 Å². The predicted octanol–water partition coefficient (Wildman–Crippen LogP) is -9.61. The van der Waals surface area contributed by atoms with Crippen LogP contribution in [-0.4, -0.2) is 9.79 Å². The molecule has 0 saturated heterocycles. The van der Waals surface area contributed by atoms with Crippen LogP contribution in [0.25, 0.3) is 0 Å². The second-order valence-electron chi connectivity index (χ2n) is 0.589. The molecule has 0 aromatic rings. The first-order valence-corrected chi connectivity index (χ1v) is 2.52. The molecular weight excluding hydrogens is 210 g/mol. The van der Waals surface area contributed by atoms with Crippen molar-refractivity contribution in [2.75, 3.05) is 0 Å². The van der Waals surface area contributed by atoms with E-state index in [1.165, 1.54) is 0 Å². The average molecular weight is 217 g/mol. The number of hydrogen-bond donors (Lipinski definition) is 3. The van der Waals surface area contributed by atoms with Gasteiger partial charge in [0, 0.05) is 0 Å². The molecule has 0 aliphatic rings. The first-order valence-electron chi connectivity index (χ1n) is 0.841. The molecular formula is H7K3NO3P. The Morgan fingerprint density at radius 3 is 1.25 bits per heavy atom. The van der Waals surface area contributed by atoms with Crippen molar-refractivity contribution in [1.29, 1.82) is 0 Å². The molecule has 0 aliphatic carbocycles. The van der Waals surface area contributed by atoms with Crippen molar-refractivity contribution in [2.24, 2.45) is 5.50 Å². The maximum Gasteiger partial charge on any atom is 1.00 e. The van der Waals surface area contributed by atoms with E-state index in [2.05, 4.69) is 5.50 Å². The Balaban J connectivity index is -0.00000000533. The van der Waals surface area contributed by atoms with Gasteiger partial charge in [-0.1, -0.05) is 0 Å². The van der Waals surface area contributed by atoms with Crippen LogP contribution in [0.15, 0.2) is 0 Å². The van der Waals surface area contributed by atoms with Gasteiger partial charge in [-0.2, -0.15) is 0 Å². The first kappa shape index (κ1) is 23.1. The Bertz CT molecular complexity index is 70.0. The third kappa shape index (κ3) is 43.9. The topological polar surface area (TPSA) is 83.6 Å². The smallest absolute Gasteiger partial charge is 1.00 e. The fourth-order valence-electron chi connectivity index (χ4n) is 0. The Morgan fingerprint density at radius 2 is 1.25 bits per heavy atom. The van der Waals surface area contributed by atoms with Gasteiger partial charge in [-0.25, -0.2) is 10.1 Å². The summed E-state index contributed by atoms with van der Waals surface area (Å²) in [5, 5.41) is 0. The van der Waals surface area contributed by atoms with E-state index >= 15 is 0 Å². The van der Waals surface area contributed by atoms with Gasteiger partial charge in [0.25, 0.3) is 0 Å². The fraction of sp³-hybridized carbons (Fsp3) is 0. The quantitative estimate of drug-likeness (QED) is 0.278. The largest absolute Gasteiger partial charge is 1.00 e. The van der Waals surface area contributed by atoms with Crippen LogP contribution in [-0.2, 0) is 4.57 Å². The maximum absolute atomic E-state index is 9.10. The van der Waals surface area contributed by atoms with E-state index in [4.69, 9.17) is 14.4 Å². The normalized spacial score (nSPS) is 7.38. The minimum atomic E-state index is -4.14. The Labute approximate surface area is 180 Å². The zero-order chi connectivity index (χ0) is 4.50. The van der Waals surface area contributed by atoms with Crippen LogP contribution in [0.2, 0.25) is 0 Å². The molecule has 4 nitrogen and oxygen atoms in total. The standard InChI is InChI=1S/3K.H4NO3P.3H/c;;;1-5(2,3)4;;;/h;;;(H4,1,2,3,4);;;/q3*+1;;3*-1. The maximum atomic E-state index is 9.10. The van der Waals surface area contributed by atoms with Gasteiger partial charge in [-0.15, -0.1) is 0 Å². The second-order valence-corrected chi connectivity index (χ2v) is 1.77. The summed E-state index contributed by atoms with van der Waals surface area (Å²) < 4.78 is 9.10. The third-order valence-electron chi connectivity index (χ3n) is 0. The van der Waals surface area contributed by atoms with Gasteiger partial charge in [0.05, 0.1) is 0 Å². The molecule has 0 spiro atoms. The van der Waals surface area contributed by atoms with Crippen molar-refractivity contribution in [2.45, 2.75) is 0 Å². The van der Waals surface area contributed by atoms with E-state index in [1.807, 2.05) is 0 Å². The van der Waals surface area contributed by atoms with Crippen LogP contribution in [0.4, 0.5) is 0 Å².